The molecular formula is C36H60N2O8. The van der Waals surface area contributed by atoms with Gasteiger partial charge in [0.1, 0.15) is 12.2 Å². The normalized spacial score (nSPS) is 33.8. The van der Waals surface area contributed by atoms with Gasteiger partial charge in [0.05, 0.1) is 36.4 Å². The lowest BCUT2D eigenvalue weighted by Gasteiger charge is -2.37. The van der Waals surface area contributed by atoms with Gasteiger partial charge in [-0.15, -0.1) is 0 Å². The summed E-state index contributed by atoms with van der Waals surface area (Å²) in [5.74, 6) is -0.774. The molecule has 3 heterocycles. The summed E-state index contributed by atoms with van der Waals surface area (Å²) >= 11 is 0. The molecule has 2 fully saturated rings. The topological polar surface area (TPSA) is 132 Å². The summed E-state index contributed by atoms with van der Waals surface area (Å²) in [4.78, 5) is 30.1. The number of piperazine rings is 1. The second kappa shape index (κ2) is 17.2. The van der Waals surface area contributed by atoms with Crippen LogP contribution in [0.1, 0.15) is 87.5 Å². The summed E-state index contributed by atoms with van der Waals surface area (Å²) < 4.78 is 17.7. The van der Waals surface area contributed by atoms with Crippen LogP contribution in [0.2, 0.25) is 0 Å². The molecule has 1 amide bonds. The first kappa shape index (κ1) is 38.2. The van der Waals surface area contributed by atoms with Crippen molar-refractivity contribution in [2.75, 3.05) is 26.2 Å². The van der Waals surface area contributed by atoms with Crippen LogP contribution in [0.25, 0.3) is 0 Å². The third-order valence-corrected chi connectivity index (χ3v) is 9.84. The molecule has 3 N–H and O–H groups in total. The molecule has 2 saturated heterocycles. The van der Waals surface area contributed by atoms with Crippen LogP contribution in [0.15, 0.2) is 36.0 Å². The van der Waals surface area contributed by atoms with Gasteiger partial charge in [-0.3, -0.25) is 9.69 Å². The van der Waals surface area contributed by atoms with Crippen LogP contribution in [0, 0.1) is 17.8 Å². The fourth-order valence-electron chi connectivity index (χ4n) is 6.41. The van der Waals surface area contributed by atoms with Gasteiger partial charge in [0, 0.05) is 50.5 Å². The molecule has 0 aromatic rings. The number of aliphatic hydroxyl groups excluding tert-OH is 2. The molecule has 10 nitrogen and oxygen atoms in total. The predicted molar refractivity (Wildman–Crippen MR) is 178 cm³/mol. The van der Waals surface area contributed by atoms with E-state index in [4.69, 9.17) is 14.2 Å². The number of hydrogen-bond acceptors (Lipinski definition) is 9. The first-order valence-corrected chi connectivity index (χ1v) is 17.3. The summed E-state index contributed by atoms with van der Waals surface area (Å²) in [6, 6.07) is 0.434. The van der Waals surface area contributed by atoms with Gasteiger partial charge in [-0.25, -0.2) is 4.79 Å². The molecule has 0 radical (unpaired) electrons. The molecule has 46 heavy (non-hydrogen) atoms. The van der Waals surface area contributed by atoms with Gasteiger partial charge in [0.25, 0.3) is 0 Å². The Morgan fingerprint density at radius 1 is 1.15 bits per heavy atom. The molecule has 0 aromatic heterocycles. The highest BCUT2D eigenvalue weighted by molar-refractivity contribution is 5.70. The van der Waals surface area contributed by atoms with Gasteiger partial charge in [0.15, 0.2) is 0 Å². The van der Waals surface area contributed by atoms with Crippen molar-refractivity contribution in [1.29, 1.82) is 0 Å². The molecule has 262 valence electrons. The van der Waals surface area contributed by atoms with Crippen molar-refractivity contribution in [3.8, 4) is 0 Å². The Labute approximate surface area is 276 Å². The average Bonchev–Trinajstić information content (AvgIpc) is 3.76. The number of epoxide rings is 1. The Bertz CT molecular complexity index is 1080. The largest absolute Gasteiger partial charge is 0.457 e. The van der Waals surface area contributed by atoms with Gasteiger partial charge >= 0.3 is 12.1 Å². The van der Waals surface area contributed by atoms with Crippen LogP contribution >= 0.6 is 0 Å². The second-order valence-corrected chi connectivity index (χ2v) is 14.3. The van der Waals surface area contributed by atoms with Crippen LogP contribution in [0.3, 0.4) is 0 Å². The number of esters is 1. The van der Waals surface area contributed by atoms with E-state index in [1.807, 2.05) is 52.8 Å². The van der Waals surface area contributed by atoms with E-state index in [1.54, 1.807) is 24.0 Å². The molecule has 0 aromatic carbocycles. The van der Waals surface area contributed by atoms with Crippen molar-refractivity contribution in [2.24, 2.45) is 17.8 Å². The highest BCUT2D eigenvalue weighted by Crippen LogP contribution is 2.37. The maximum absolute atomic E-state index is 13.2. The zero-order chi connectivity index (χ0) is 34.2. The van der Waals surface area contributed by atoms with Gasteiger partial charge in [-0.1, -0.05) is 52.0 Å². The number of hydrogen-bond donors (Lipinski definition) is 3. The molecule has 0 spiro atoms. The molecule has 10 atom stereocenters. The van der Waals surface area contributed by atoms with E-state index in [0.717, 1.165) is 18.7 Å². The average molecular weight is 649 g/mol. The standard InChI is InChI=1S/C36H60N2O8/c1-9-29(40)27(7)34-31(44-34)22-36(8,43)16-10-11-25(5)33-26(6)13-15-30(24(4)12-14-28(39)21-32(41)46-33)45-35(42)38-19-17-37(18-20-38)23(2)3/h10-11,13,15-16,23-24,26-31,33-34,39-40,43H,9,12,14,17-22H2,1-8H3/b15-13+,16-10+,25-11+. The van der Waals surface area contributed by atoms with Gasteiger partial charge in [-0.05, 0) is 64.5 Å². The van der Waals surface area contributed by atoms with E-state index in [-0.39, 0.29) is 42.5 Å². The lowest BCUT2D eigenvalue weighted by Crippen LogP contribution is -2.51. The van der Waals surface area contributed by atoms with Crippen LogP contribution in [0.4, 0.5) is 4.79 Å². The molecule has 3 aliphatic rings. The van der Waals surface area contributed by atoms with E-state index in [1.165, 1.54) is 0 Å². The van der Waals surface area contributed by atoms with Gasteiger partial charge in [0.2, 0.25) is 0 Å². The number of allylic oxidation sites excluding steroid dienone is 2. The predicted octanol–water partition coefficient (Wildman–Crippen LogP) is 4.62. The summed E-state index contributed by atoms with van der Waals surface area (Å²) in [5, 5.41) is 31.7. The number of aliphatic hydroxyl groups is 3. The van der Waals surface area contributed by atoms with Crippen molar-refractivity contribution >= 4 is 12.1 Å². The van der Waals surface area contributed by atoms with Crippen molar-refractivity contribution in [3.63, 3.8) is 0 Å². The number of amides is 1. The van der Waals surface area contributed by atoms with Crippen LogP contribution in [0.5, 0.6) is 0 Å². The first-order chi connectivity index (χ1) is 21.6. The Kier molecular flexibility index (Phi) is 14.3. The molecule has 0 bridgehead atoms. The number of cyclic esters (lactones) is 1. The van der Waals surface area contributed by atoms with E-state index >= 15 is 0 Å². The molecule has 0 aliphatic carbocycles. The lowest BCUT2D eigenvalue weighted by molar-refractivity contribution is -0.151. The molecule has 0 saturated carbocycles. The Hall–Kier alpha value is -2.24. The minimum absolute atomic E-state index is 0.00677. The quantitative estimate of drug-likeness (QED) is 0.134. The second-order valence-electron chi connectivity index (χ2n) is 14.3. The van der Waals surface area contributed by atoms with E-state index < -0.39 is 36.0 Å². The third kappa shape index (κ3) is 11.5. The maximum Gasteiger partial charge on any atom is 0.410 e. The first-order valence-electron chi connectivity index (χ1n) is 17.3. The minimum atomic E-state index is -1.12. The zero-order valence-corrected chi connectivity index (χ0v) is 29.3. The lowest BCUT2D eigenvalue weighted by atomic mass is 9.91. The van der Waals surface area contributed by atoms with Gasteiger partial charge in [-0.2, -0.15) is 0 Å². The zero-order valence-electron chi connectivity index (χ0n) is 29.3. The molecular weight excluding hydrogens is 588 g/mol. The van der Waals surface area contributed by atoms with Crippen molar-refractivity contribution < 1.29 is 39.1 Å². The Balaban J connectivity index is 1.70. The molecule has 3 rings (SSSR count). The molecule has 10 heteroatoms. The van der Waals surface area contributed by atoms with Crippen molar-refractivity contribution in [2.45, 2.75) is 136 Å². The fraction of sp³-hybridized carbons (Fsp3) is 0.778. The van der Waals surface area contributed by atoms with Crippen LogP contribution in [-0.2, 0) is 19.0 Å². The summed E-state index contributed by atoms with van der Waals surface area (Å²) in [7, 11) is 0. The smallest absolute Gasteiger partial charge is 0.410 e. The van der Waals surface area contributed by atoms with Crippen molar-refractivity contribution in [1.82, 2.24) is 9.80 Å². The highest BCUT2D eigenvalue weighted by Gasteiger charge is 2.47. The molecule has 10 unspecified atom stereocenters. The summed E-state index contributed by atoms with van der Waals surface area (Å²) in [6.07, 6.45) is 8.15. The number of carbonyl (C=O) groups is 2. The highest BCUT2D eigenvalue weighted by atomic mass is 16.6. The Morgan fingerprint density at radius 2 is 1.83 bits per heavy atom. The minimum Gasteiger partial charge on any atom is -0.457 e. The van der Waals surface area contributed by atoms with Crippen molar-refractivity contribution in [3.05, 3.63) is 36.0 Å². The molecule has 3 aliphatic heterocycles. The van der Waals surface area contributed by atoms with Crippen LogP contribution in [-0.4, -0.2) is 112 Å². The summed E-state index contributed by atoms with van der Waals surface area (Å²) in [5.41, 5.74) is -0.352. The van der Waals surface area contributed by atoms with E-state index in [2.05, 4.69) is 18.7 Å². The number of ether oxygens (including phenoxy) is 3. The van der Waals surface area contributed by atoms with Crippen LogP contribution < -0.4 is 0 Å². The maximum atomic E-state index is 13.2. The summed E-state index contributed by atoms with van der Waals surface area (Å²) in [6.45, 7) is 18.6. The monoisotopic (exact) mass is 648 g/mol. The number of nitrogens with zero attached hydrogens (tertiary/aromatic N) is 2. The van der Waals surface area contributed by atoms with Gasteiger partial charge < -0.3 is 34.4 Å². The van der Waals surface area contributed by atoms with E-state index in [9.17, 15) is 24.9 Å². The van der Waals surface area contributed by atoms with E-state index in [0.29, 0.717) is 44.8 Å². The SMILES string of the molecule is CCC(O)C(C)C1OC1CC(C)(O)/C=C/C=C(\C)C1OC(=O)CC(O)CCC(C)C(OC(=O)N2CCN(C(C)C)CC2)/C=C/C1C. The Morgan fingerprint density at radius 3 is 2.46 bits per heavy atom. The fourth-order valence-corrected chi connectivity index (χ4v) is 6.41. The number of rotatable bonds is 10. The number of carbonyl (C=O) groups excluding carboxylic acids is 2. The third-order valence-electron chi connectivity index (χ3n) is 9.84.